The molecule has 2 aromatic rings. The van der Waals surface area contributed by atoms with E-state index in [1.165, 1.54) is 4.70 Å². The standard InChI is InChI=1S/C10H10BrNOS/c1-2-6-7-3-4-14-9(7)8(5-11)12-10(6)13/h3-4H,2,5H2,1H3,(H,12,13). The molecular weight excluding hydrogens is 262 g/mol. The van der Waals surface area contributed by atoms with Crippen LogP contribution in [0.15, 0.2) is 11.4 Å². The minimum absolute atomic E-state index is 0.174. The summed E-state index contributed by atoms with van der Waals surface area (Å²) in [5.74, 6) is 0.174. The highest BCUT2D eigenvalue weighted by Crippen LogP contribution is 2.32. The minimum atomic E-state index is 0.174. The Labute approximate surface area is 94.7 Å². The van der Waals surface area contributed by atoms with Gasteiger partial charge < -0.3 is 5.11 Å². The Balaban J connectivity index is 2.81. The molecule has 74 valence electrons. The fourth-order valence-electron chi connectivity index (χ4n) is 1.58. The summed E-state index contributed by atoms with van der Waals surface area (Å²) in [5.41, 5.74) is 1.87. The third kappa shape index (κ3) is 1.42. The first-order valence-electron chi connectivity index (χ1n) is 4.41. The minimum Gasteiger partial charge on any atom is -0.493 e. The molecule has 2 aromatic heterocycles. The van der Waals surface area contributed by atoms with Gasteiger partial charge in [-0.3, -0.25) is 0 Å². The van der Waals surface area contributed by atoms with Crippen molar-refractivity contribution < 1.29 is 5.11 Å². The van der Waals surface area contributed by atoms with Gasteiger partial charge in [-0.2, -0.15) is 0 Å². The maximum absolute atomic E-state index is 9.71. The van der Waals surface area contributed by atoms with E-state index in [0.29, 0.717) is 5.33 Å². The Morgan fingerprint density at radius 2 is 2.36 bits per heavy atom. The number of nitrogens with zero attached hydrogens (tertiary/aromatic N) is 1. The highest BCUT2D eigenvalue weighted by molar-refractivity contribution is 9.08. The third-order valence-electron chi connectivity index (χ3n) is 2.24. The van der Waals surface area contributed by atoms with Gasteiger partial charge in [0, 0.05) is 16.3 Å². The van der Waals surface area contributed by atoms with Crippen molar-refractivity contribution in [2.45, 2.75) is 18.7 Å². The number of pyridine rings is 1. The SMILES string of the molecule is CCc1c(O)nc(CBr)c2sccc12. The summed E-state index contributed by atoms with van der Waals surface area (Å²) in [6.07, 6.45) is 0.814. The van der Waals surface area contributed by atoms with Crippen molar-refractivity contribution in [3.63, 3.8) is 0 Å². The van der Waals surface area contributed by atoms with Crippen molar-refractivity contribution in [1.82, 2.24) is 4.98 Å². The average molecular weight is 272 g/mol. The first-order chi connectivity index (χ1) is 6.77. The van der Waals surface area contributed by atoms with E-state index < -0.39 is 0 Å². The van der Waals surface area contributed by atoms with Crippen molar-refractivity contribution in [3.05, 3.63) is 22.7 Å². The number of aromatic nitrogens is 1. The van der Waals surface area contributed by atoms with E-state index in [1.54, 1.807) is 11.3 Å². The zero-order valence-electron chi connectivity index (χ0n) is 7.75. The van der Waals surface area contributed by atoms with Crippen LogP contribution in [0.5, 0.6) is 5.88 Å². The fraction of sp³-hybridized carbons (Fsp3) is 0.300. The van der Waals surface area contributed by atoms with Crippen LogP contribution in [0, 0.1) is 0 Å². The number of aryl methyl sites for hydroxylation is 1. The van der Waals surface area contributed by atoms with Crippen LogP contribution in [0.1, 0.15) is 18.2 Å². The molecule has 0 atom stereocenters. The van der Waals surface area contributed by atoms with Crippen molar-refractivity contribution in [2.75, 3.05) is 0 Å². The molecule has 14 heavy (non-hydrogen) atoms. The van der Waals surface area contributed by atoms with E-state index in [1.807, 2.05) is 18.4 Å². The van der Waals surface area contributed by atoms with Crippen LogP contribution in [0.2, 0.25) is 0 Å². The molecule has 0 amide bonds. The Morgan fingerprint density at radius 3 is 3.00 bits per heavy atom. The molecule has 4 heteroatoms. The van der Waals surface area contributed by atoms with Crippen LogP contribution in [0.3, 0.4) is 0 Å². The van der Waals surface area contributed by atoms with E-state index in [0.717, 1.165) is 23.1 Å². The zero-order chi connectivity index (χ0) is 10.1. The summed E-state index contributed by atoms with van der Waals surface area (Å²) in [6.45, 7) is 2.03. The molecule has 0 radical (unpaired) electrons. The second kappa shape index (κ2) is 3.87. The lowest BCUT2D eigenvalue weighted by Crippen LogP contribution is -1.91. The molecule has 0 saturated heterocycles. The van der Waals surface area contributed by atoms with Crippen LogP contribution in [-0.4, -0.2) is 10.1 Å². The van der Waals surface area contributed by atoms with Crippen LogP contribution >= 0.6 is 27.3 Å². The summed E-state index contributed by atoms with van der Waals surface area (Å²) in [4.78, 5) is 4.18. The van der Waals surface area contributed by atoms with Gasteiger partial charge in [-0.1, -0.05) is 22.9 Å². The number of thiophene rings is 1. The first kappa shape index (κ1) is 9.93. The summed E-state index contributed by atoms with van der Waals surface area (Å²) in [6, 6.07) is 2.05. The quantitative estimate of drug-likeness (QED) is 0.849. The van der Waals surface area contributed by atoms with Gasteiger partial charge in [-0.25, -0.2) is 4.98 Å². The number of hydrogen-bond donors (Lipinski definition) is 1. The Hall–Kier alpha value is -0.610. The Morgan fingerprint density at radius 1 is 1.57 bits per heavy atom. The summed E-state index contributed by atoms with van der Waals surface area (Å²) in [7, 11) is 0. The average Bonchev–Trinajstić information content (AvgIpc) is 2.65. The number of halogens is 1. The van der Waals surface area contributed by atoms with Gasteiger partial charge in [-0.15, -0.1) is 11.3 Å². The van der Waals surface area contributed by atoms with Crippen molar-refractivity contribution in [3.8, 4) is 5.88 Å². The van der Waals surface area contributed by atoms with E-state index in [-0.39, 0.29) is 5.88 Å². The molecule has 0 saturated carbocycles. The van der Waals surface area contributed by atoms with Crippen LogP contribution in [0.4, 0.5) is 0 Å². The molecule has 2 heterocycles. The first-order valence-corrected chi connectivity index (χ1v) is 6.42. The predicted molar refractivity (Wildman–Crippen MR) is 63.3 cm³/mol. The lowest BCUT2D eigenvalue weighted by molar-refractivity contribution is 0.447. The third-order valence-corrected chi connectivity index (χ3v) is 3.74. The van der Waals surface area contributed by atoms with Crippen molar-refractivity contribution in [1.29, 1.82) is 0 Å². The summed E-state index contributed by atoms with van der Waals surface area (Å²) in [5, 5.41) is 13.6. The molecule has 1 N–H and O–H groups in total. The zero-order valence-corrected chi connectivity index (χ0v) is 10.2. The Kier molecular flexibility index (Phi) is 2.74. The molecule has 0 aromatic carbocycles. The maximum Gasteiger partial charge on any atom is 0.214 e. The number of rotatable bonds is 2. The van der Waals surface area contributed by atoms with Crippen molar-refractivity contribution >= 4 is 37.4 Å². The molecule has 0 aliphatic heterocycles. The molecule has 0 bridgehead atoms. The van der Waals surface area contributed by atoms with Gasteiger partial charge in [0.1, 0.15) is 0 Å². The molecule has 2 rings (SSSR count). The highest BCUT2D eigenvalue weighted by Gasteiger charge is 2.11. The molecule has 0 aliphatic rings. The summed E-state index contributed by atoms with van der Waals surface area (Å²) < 4.78 is 1.18. The predicted octanol–water partition coefficient (Wildman–Crippen LogP) is 3.46. The van der Waals surface area contributed by atoms with Gasteiger partial charge in [0.25, 0.3) is 0 Å². The molecule has 0 fully saturated rings. The normalized spacial score (nSPS) is 11.0. The van der Waals surface area contributed by atoms with E-state index in [9.17, 15) is 5.11 Å². The van der Waals surface area contributed by atoms with Gasteiger partial charge in [0.05, 0.1) is 10.4 Å². The van der Waals surface area contributed by atoms with E-state index in [4.69, 9.17) is 0 Å². The molecule has 0 spiro atoms. The molecular formula is C10H10BrNOS. The largest absolute Gasteiger partial charge is 0.493 e. The molecule has 0 unspecified atom stereocenters. The molecule has 0 aliphatic carbocycles. The highest BCUT2D eigenvalue weighted by atomic mass is 79.9. The van der Waals surface area contributed by atoms with Crippen LogP contribution in [0.25, 0.3) is 10.1 Å². The van der Waals surface area contributed by atoms with E-state index >= 15 is 0 Å². The van der Waals surface area contributed by atoms with E-state index in [2.05, 4.69) is 20.9 Å². The second-order valence-corrected chi connectivity index (χ2v) is 4.49. The second-order valence-electron chi connectivity index (χ2n) is 3.01. The summed E-state index contributed by atoms with van der Waals surface area (Å²) >= 11 is 5.05. The van der Waals surface area contributed by atoms with Gasteiger partial charge in [0.15, 0.2) is 0 Å². The van der Waals surface area contributed by atoms with Crippen LogP contribution < -0.4 is 0 Å². The van der Waals surface area contributed by atoms with Crippen LogP contribution in [-0.2, 0) is 11.8 Å². The topological polar surface area (TPSA) is 33.1 Å². The lowest BCUT2D eigenvalue weighted by Gasteiger charge is -2.05. The number of fused-ring (bicyclic) bond motifs is 1. The van der Waals surface area contributed by atoms with Crippen molar-refractivity contribution in [2.24, 2.45) is 0 Å². The Bertz CT molecular complexity index is 466. The number of aromatic hydroxyl groups is 1. The molecule has 2 nitrogen and oxygen atoms in total. The van der Waals surface area contributed by atoms with Gasteiger partial charge in [0.2, 0.25) is 5.88 Å². The number of hydrogen-bond acceptors (Lipinski definition) is 3. The fourth-order valence-corrected chi connectivity index (χ4v) is 3.08. The number of alkyl halides is 1. The van der Waals surface area contributed by atoms with Gasteiger partial charge >= 0.3 is 0 Å². The maximum atomic E-state index is 9.71. The van der Waals surface area contributed by atoms with Gasteiger partial charge in [-0.05, 0) is 17.9 Å². The monoisotopic (exact) mass is 271 g/mol. The lowest BCUT2D eigenvalue weighted by atomic mass is 10.1. The smallest absolute Gasteiger partial charge is 0.214 e.